The molecule has 1 aliphatic heterocycles. The second-order valence-corrected chi connectivity index (χ2v) is 6.41. The monoisotopic (exact) mass is 336 g/mol. The molecule has 0 saturated carbocycles. The second kappa shape index (κ2) is 6.22. The molecule has 6 nitrogen and oxygen atoms in total. The quantitative estimate of drug-likeness (QED) is 0.761. The van der Waals surface area contributed by atoms with E-state index in [1.54, 1.807) is 12.1 Å². The number of hydrazine groups is 1. The zero-order valence-corrected chi connectivity index (χ0v) is 14.0. The molecule has 1 atom stereocenters. The Morgan fingerprint density at radius 1 is 1.12 bits per heavy atom. The SMILES string of the molecule is CN1CC(NC(=O)CCn2c3ccccc3c3ccccc32)C(=O)N1. The molecule has 2 amide bonds. The number of carbonyl (C=O) groups is 2. The maximum Gasteiger partial charge on any atom is 0.258 e. The van der Waals surface area contributed by atoms with Crippen LogP contribution in [0.25, 0.3) is 21.8 Å². The molecule has 3 aromatic rings. The van der Waals surface area contributed by atoms with Crippen molar-refractivity contribution in [3.8, 4) is 0 Å². The summed E-state index contributed by atoms with van der Waals surface area (Å²) in [5.74, 6) is -0.273. The van der Waals surface area contributed by atoms with E-state index < -0.39 is 6.04 Å². The van der Waals surface area contributed by atoms with Gasteiger partial charge in [-0.25, -0.2) is 5.01 Å². The molecule has 1 unspecified atom stereocenters. The molecular weight excluding hydrogens is 316 g/mol. The number of hydrogen-bond donors (Lipinski definition) is 2. The van der Waals surface area contributed by atoms with Crippen molar-refractivity contribution in [2.45, 2.75) is 19.0 Å². The third-order valence-corrected chi connectivity index (χ3v) is 4.65. The third kappa shape index (κ3) is 2.85. The van der Waals surface area contributed by atoms with Crippen molar-refractivity contribution in [3.05, 3.63) is 48.5 Å². The summed E-state index contributed by atoms with van der Waals surface area (Å²) in [7, 11) is 1.78. The van der Waals surface area contributed by atoms with Gasteiger partial charge >= 0.3 is 0 Å². The van der Waals surface area contributed by atoms with Crippen LogP contribution >= 0.6 is 0 Å². The van der Waals surface area contributed by atoms with Gasteiger partial charge in [0, 0.05) is 48.4 Å². The Bertz CT molecular complexity index is 909. The lowest BCUT2D eigenvalue weighted by Crippen LogP contribution is -2.41. The smallest absolute Gasteiger partial charge is 0.258 e. The van der Waals surface area contributed by atoms with Gasteiger partial charge in [-0.2, -0.15) is 0 Å². The van der Waals surface area contributed by atoms with E-state index >= 15 is 0 Å². The molecule has 0 aliphatic carbocycles. The maximum atomic E-state index is 12.3. The minimum Gasteiger partial charge on any atom is -0.343 e. The summed E-state index contributed by atoms with van der Waals surface area (Å²) in [4.78, 5) is 24.0. The Labute approximate surface area is 145 Å². The molecule has 2 N–H and O–H groups in total. The van der Waals surface area contributed by atoms with Gasteiger partial charge in [-0.15, -0.1) is 0 Å². The van der Waals surface area contributed by atoms with Gasteiger partial charge in [0.05, 0.1) is 0 Å². The predicted octanol–water partition coefficient (Wildman–Crippen LogP) is 1.65. The zero-order chi connectivity index (χ0) is 17.4. The van der Waals surface area contributed by atoms with Crippen LogP contribution in [0.3, 0.4) is 0 Å². The summed E-state index contributed by atoms with van der Waals surface area (Å²) in [6.45, 7) is 1.06. The first-order valence-electron chi connectivity index (χ1n) is 8.40. The fraction of sp³-hybridized carbons (Fsp3) is 0.263. The summed E-state index contributed by atoms with van der Waals surface area (Å²) in [5.41, 5.74) is 4.91. The maximum absolute atomic E-state index is 12.3. The average Bonchev–Trinajstić information content (AvgIpc) is 3.10. The highest BCUT2D eigenvalue weighted by Gasteiger charge is 2.29. The minimum absolute atomic E-state index is 0.114. The standard InChI is InChI=1S/C19H20N4O2/c1-22-12-15(19(25)21-22)20-18(24)10-11-23-16-8-4-2-6-13(16)14-7-3-5-9-17(14)23/h2-9,15H,10-12H2,1H3,(H,20,24)(H,21,25). The summed E-state index contributed by atoms with van der Waals surface area (Å²) < 4.78 is 2.17. The van der Waals surface area contributed by atoms with E-state index in [9.17, 15) is 9.59 Å². The van der Waals surface area contributed by atoms with E-state index in [4.69, 9.17) is 0 Å². The van der Waals surface area contributed by atoms with E-state index in [0.29, 0.717) is 19.5 Å². The molecule has 0 spiro atoms. The number of fused-ring (bicyclic) bond motifs is 3. The van der Waals surface area contributed by atoms with E-state index in [1.807, 2.05) is 24.3 Å². The Balaban J connectivity index is 1.54. The lowest BCUT2D eigenvalue weighted by Gasteiger charge is -2.11. The highest BCUT2D eigenvalue weighted by atomic mass is 16.2. The van der Waals surface area contributed by atoms with Gasteiger partial charge in [-0.3, -0.25) is 15.0 Å². The number of nitrogens with one attached hydrogen (secondary N) is 2. The van der Waals surface area contributed by atoms with Gasteiger partial charge in [0.15, 0.2) is 0 Å². The molecule has 1 saturated heterocycles. The largest absolute Gasteiger partial charge is 0.343 e. The fourth-order valence-electron chi connectivity index (χ4n) is 3.50. The normalized spacial score (nSPS) is 18.0. The molecule has 1 aromatic heterocycles. The number of aromatic nitrogens is 1. The average molecular weight is 336 g/mol. The van der Waals surface area contributed by atoms with Crippen LogP contribution in [-0.4, -0.2) is 41.0 Å². The van der Waals surface area contributed by atoms with Crippen molar-refractivity contribution in [2.75, 3.05) is 13.6 Å². The van der Waals surface area contributed by atoms with Gasteiger partial charge in [0.1, 0.15) is 6.04 Å². The molecule has 0 bridgehead atoms. The van der Waals surface area contributed by atoms with Crippen LogP contribution in [0.5, 0.6) is 0 Å². The van der Waals surface area contributed by atoms with Crippen LogP contribution in [0.4, 0.5) is 0 Å². The molecule has 4 rings (SSSR count). The first kappa shape index (κ1) is 15.7. The Morgan fingerprint density at radius 3 is 2.28 bits per heavy atom. The van der Waals surface area contributed by atoms with Crippen LogP contribution in [0.2, 0.25) is 0 Å². The number of carbonyl (C=O) groups excluding carboxylic acids is 2. The molecule has 128 valence electrons. The van der Waals surface area contributed by atoms with Crippen LogP contribution < -0.4 is 10.7 Å². The van der Waals surface area contributed by atoms with E-state index in [-0.39, 0.29) is 11.8 Å². The molecule has 6 heteroatoms. The summed E-state index contributed by atoms with van der Waals surface area (Å²) in [6, 6.07) is 16.0. The van der Waals surface area contributed by atoms with Crippen LogP contribution in [0.15, 0.2) is 48.5 Å². The number of likely N-dealkylation sites (N-methyl/N-ethyl adjacent to an activating group) is 1. The Kier molecular flexibility index (Phi) is 3.89. The topological polar surface area (TPSA) is 66.4 Å². The van der Waals surface area contributed by atoms with Crippen molar-refractivity contribution in [3.63, 3.8) is 0 Å². The second-order valence-electron chi connectivity index (χ2n) is 6.41. The summed E-state index contributed by atoms with van der Waals surface area (Å²) in [6.07, 6.45) is 0.330. The van der Waals surface area contributed by atoms with E-state index in [2.05, 4.69) is 39.6 Å². The highest BCUT2D eigenvalue weighted by molar-refractivity contribution is 6.08. The van der Waals surface area contributed by atoms with Crippen molar-refractivity contribution in [1.29, 1.82) is 0 Å². The van der Waals surface area contributed by atoms with Gasteiger partial charge in [0.25, 0.3) is 5.91 Å². The molecular formula is C19H20N4O2. The first-order chi connectivity index (χ1) is 12.1. The van der Waals surface area contributed by atoms with Gasteiger partial charge in [0.2, 0.25) is 5.91 Å². The number of aryl methyl sites for hydroxylation is 1. The number of para-hydroxylation sites is 2. The van der Waals surface area contributed by atoms with Crippen molar-refractivity contribution < 1.29 is 9.59 Å². The number of rotatable bonds is 4. The van der Waals surface area contributed by atoms with Gasteiger partial charge in [-0.05, 0) is 12.1 Å². The molecule has 0 radical (unpaired) electrons. The zero-order valence-electron chi connectivity index (χ0n) is 14.0. The van der Waals surface area contributed by atoms with Crippen molar-refractivity contribution in [2.24, 2.45) is 0 Å². The number of benzene rings is 2. The molecule has 1 fully saturated rings. The fourth-order valence-corrected chi connectivity index (χ4v) is 3.50. The predicted molar refractivity (Wildman–Crippen MR) is 96.8 cm³/mol. The Hall–Kier alpha value is -2.86. The number of hydrogen-bond acceptors (Lipinski definition) is 3. The highest BCUT2D eigenvalue weighted by Crippen LogP contribution is 2.28. The number of nitrogens with zero attached hydrogens (tertiary/aromatic N) is 2. The van der Waals surface area contributed by atoms with E-state index in [0.717, 1.165) is 11.0 Å². The van der Waals surface area contributed by atoms with Crippen LogP contribution in [0, 0.1) is 0 Å². The molecule has 1 aliphatic rings. The third-order valence-electron chi connectivity index (χ3n) is 4.65. The van der Waals surface area contributed by atoms with Crippen molar-refractivity contribution >= 4 is 33.6 Å². The van der Waals surface area contributed by atoms with E-state index in [1.165, 1.54) is 10.8 Å². The Morgan fingerprint density at radius 2 is 1.72 bits per heavy atom. The van der Waals surface area contributed by atoms with Crippen LogP contribution in [-0.2, 0) is 16.1 Å². The lowest BCUT2D eigenvalue weighted by atomic mass is 10.2. The van der Waals surface area contributed by atoms with Crippen molar-refractivity contribution in [1.82, 2.24) is 20.3 Å². The number of amides is 2. The first-order valence-corrected chi connectivity index (χ1v) is 8.40. The minimum atomic E-state index is -0.476. The summed E-state index contributed by atoms with van der Waals surface area (Å²) in [5, 5.41) is 6.87. The summed E-state index contributed by atoms with van der Waals surface area (Å²) >= 11 is 0. The van der Waals surface area contributed by atoms with Gasteiger partial charge in [-0.1, -0.05) is 36.4 Å². The molecule has 2 aromatic carbocycles. The molecule has 25 heavy (non-hydrogen) atoms. The van der Waals surface area contributed by atoms with Gasteiger partial charge < -0.3 is 9.88 Å². The molecule has 2 heterocycles. The lowest BCUT2D eigenvalue weighted by molar-refractivity contribution is -0.127. The van der Waals surface area contributed by atoms with Crippen LogP contribution in [0.1, 0.15) is 6.42 Å².